The van der Waals surface area contributed by atoms with Gasteiger partial charge in [-0.05, 0) is 57.1 Å². The van der Waals surface area contributed by atoms with E-state index >= 15 is 0 Å². The maximum Gasteiger partial charge on any atom is 0.119 e. The molecular weight excluding hydrogens is 304 g/mol. The van der Waals surface area contributed by atoms with Crippen molar-refractivity contribution in [2.75, 3.05) is 0 Å². The summed E-state index contributed by atoms with van der Waals surface area (Å²) in [6.45, 7) is 0. The molecule has 0 bridgehead atoms. The maximum absolute atomic E-state index is 10.3. The van der Waals surface area contributed by atoms with Crippen LogP contribution >= 0.6 is 0 Å². The fourth-order valence-electron chi connectivity index (χ4n) is 4.09. The second-order valence-corrected chi connectivity index (χ2v) is 7.05. The van der Waals surface area contributed by atoms with Gasteiger partial charge in [-0.15, -0.1) is 0 Å². The quantitative estimate of drug-likeness (QED) is 0.201. The van der Waals surface area contributed by atoms with Gasteiger partial charge >= 0.3 is 0 Å². The number of carbonyl (C=O) groups excluding carboxylic acids is 1. The lowest BCUT2D eigenvalue weighted by molar-refractivity contribution is -0.107. The van der Waals surface area contributed by atoms with Gasteiger partial charge in [0.2, 0.25) is 0 Å². The van der Waals surface area contributed by atoms with Crippen LogP contribution in [0.5, 0.6) is 0 Å². The molecule has 0 fully saturated rings. The third kappa shape index (κ3) is 3.11. The van der Waals surface area contributed by atoms with Crippen LogP contribution in [0.2, 0.25) is 0 Å². The first-order chi connectivity index (χ1) is 12.4. The number of rotatable bonds is 8. The smallest absolute Gasteiger partial charge is 0.119 e. The van der Waals surface area contributed by atoms with Crippen LogP contribution in [0.3, 0.4) is 0 Å². The van der Waals surface area contributed by atoms with Gasteiger partial charge in [-0.1, -0.05) is 73.9 Å². The highest BCUT2D eigenvalue weighted by molar-refractivity contribution is 6.23. The average Bonchev–Trinajstić information content (AvgIpc) is 2.66. The van der Waals surface area contributed by atoms with Crippen molar-refractivity contribution >= 4 is 38.6 Å². The summed E-state index contributed by atoms with van der Waals surface area (Å²) in [7, 11) is 0. The van der Waals surface area contributed by atoms with Crippen molar-refractivity contribution in [2.24, 2.45) is 0 Å². The number of aryl methyl sites for hydroxylation is 1. The van der Waals surface area contributed by atoms with Crippen LogP contribution in [0.1, 0.15) is 44.1 Å². The minimum absolute atomic E-state index is 0.717. The SMILES string of the molecule is O=CCCCCCCCc1ccc2ccc3cccc4ccc1c2c34. The van der Waals surface area contributed by atoms with Crippen LogP contribution in [-0.4, -0.2) is 6.29 Å². The molecule has 0 heterocycles. The van der Waals surface area contributed by atoms with Gasteiger partial charge in [-0.25, -0.2) is 0 Å². The van der Waals surface area contributed by atoms with Crippen molar-refractivity contribution in [3.8, 4) is 0 Å². The largest absolute Gasteiger partial charge is 0.303 e. The Morgan fingerprint density at radius 3 is 2.08 bits per heavy atom. The van der Waals surface area contributed by atoms with Crippen LogP contribution in [0.15, 0.2) is 54.6 Å². The van der Waals surface area contributed by atoms with E-state index in [4.69, 9.17) is 0 Å². The number of benzene rings is 4. The van der Waals surface area contributed by atoms with Crippen LogP contribution in [0.25, 0.3) is 32.3 Å². The van der Waals surface area contributed by atoms with Gasteiger partial charge in [-0.2, -0.15) is 0 Å². The maximum atomic E-state index is 10.3. The van der Waals surface area contributed by atoms with Crippen molar-refractivity contribution in [2.45, 2.75) is 44.9 Å². The highest BCUT2D eigenvalue weighted by Gasteiger charge is 2.10. The number of hydrogen-bond donors (Lipinski definition) is 0. The van der Waals surface area contributed by atoms with Crippen molar-refractivity contribution in [3.63, 3.8) is 0 Å². The molecule has 0 aliphatic carbocycles. The van der Waals surface area contributed by atoms with Gasteiger partial charge in [-0.3, -0.25) is 0 Å². The Morgan fingerprint density at radius 1 is 0.640 bits per heavy atom. The van der Waals surface area contributed by atoms with Crippen LogP contribution < -0.4 is 0 Å². The topological polar surface area (TPSA) is 17.1 Å². The summed E-state index contributed by atoms with van der Waals surface area (Å²) in [5.41, 5.74) is 1.47. The van der Waals surface area contributed by atoms with Gasteiger partial charge in [0.05, 0.1) is 0 Å². The summed E-state index contributed by atoms with van der Waals surface area (Å²) in [5.74, 6) is 0. The molecule has 25 heavy (non-hydrogen) atoms. The lowest BCUT2D eigenvalue weighted by Gasteiger charge is -2.14. The molecule has 0 spiro atoms. The van der Waals surface area contributed by atoms with E-state index in [9.17, 15) is 4.79 Å². The van der Waals surface area contributed by atoms with Crippen molar-refractivity contribution in [1.82, 2.24) is 0 Å². The first-order valence-corrected chi connectivity index (χ1v) is 9.47. The molecule has 0 atom stereocenters. The highest BCUT2D eigenvalue weighted by Crippen LogP contribution is 2.36. The lowest BCUT2D eigenvalue weighted by atomic mass is 9.90. The molecule has 1 heteroatoms. The third-order valence-corrected chi connectivity index (χ3v) is 5.39. The van der Waals surface area contributed by atoms with Crippen molar-refractivity contribution < 1.29 is 4.79 Å². The van der Waals surface area contributed by atoms with E-state index in [0.29, 0.717) is 0 Å². The van der Waals surface area contributed by atoms with E-state index in [1.54, 1.807) is 0 Å². The molecule has 4 aromatic carbocycles. The zero-order chi connectivity index (χ0) is 17.1. The summed E-state index contributed by atoms with van der Waals surface area (Å²) in [6.07, 6.45) is 8.83. The monoisotopic (exact) mass is 328 g/mol. The second-order valence-electron chi connectivity index (χ2n) is 7.05. The predicted molar refractivity (Wildman–Crippen MR) is 108 cm³/mol. The van der Waals surface area contributed by atoms with Crippen LogP contribution in [0.4, 0.5) is 0 Å². The number of aldehydes is 1. The molecular formula is C24H24O. The zero-order valence-electron chi connectivity index (χ0n) is 14.6. The Kier molecular flexibility index (Phi) is 4.65. The second kappa shape index (κ2) is 7.23. The van der Waals surface area contributed by atoms with Gasteiger partial charge in [0.25, 0.3) is 0 Å². The van der Waals surface area contributed by atoms with E-state index < -0.39 is 0 Å². The molecule has 126 valence electrons. The number of hydrogen-bond acceptors (Lipinski definition) is 1. The van der Waals surface area contributed by atoms with E-state index in [1.807, 2.05) is 0 Å². The molecule has 4 rings (SSSR count). The molecule has 0 amide bonds. The van der Waals surface area contributed by atoms with Crippen molar-refractivity contribution in [1.29, 1.82) is 0 Å². The fraction of sp³-hybridized carbons (Fsp3) is 0.292. The molecule has 0 N–H and O–H groups in total. The predicted octanol–water partition coefficient (Wildman–Crippen LogP) is 6.67. The van der Waals surface area contributed by atoms with Gasteiger partial charge in [0, 0.05) is 6.42 Å². The molecule has 0 aliphatic rings. The molecule has 0 aliphatic heterocycles. The lowest BCUT2D eigenvalue weighted by Crippen LogP contribution is -1.91. The Hall–Kier alpha value is -2.41. The number of carbonyl (C=O) groups is 1. The van der Waals surface area contributed by atoms with E-state index in [1.165, 1.54) is 63.6 Å². The Labute approximate surface area is 149 Å². The third-order valence-electron chi connectivity index (χ3n) is 5.39. The molecule has 0 aromatic heterocycles. The molecule has 1 nitrogen and oxygen atoms in total. The first-order valence-electron chi connectivity index (χ1n) is 9.47. The summed E-state index contributed by atoms with van der Waals surface area (Å²) in [4.78, 5) is 10.3. The minimum atomic E-state index is 0.717. The Bertz CT molecular complexity index is 983. The van der Waals surface area contributed by atoms with E-state index in [2.05, 4.69) is 54.6 Å². The summed E-state index contributed by atoms with van der Waals surface area (Å²) < 4.78 is 0. The molecule has 0 saturated carbocycles. The molecule has 0 unspecified atom stereocenters. The molecule has 0 radical (unpaired) electrons. The zero-order valence-corrected chi connectivity index (χ0v) is 14.6. The van der Waals surface area contributed by atoms with Crippen LogP contribution in [0, 0.1) is 0 Å². The molecule has 4 aromatic rings. The van der Waals surface area contributed by atoms with Gasteiger partial charge < -0.3 is 4.79 Å². The van der Waals surface area contributed by atoms with E-state index in [0.717, 1.165) is 25.5 Å². The van der Waals surface area contributed by atoms with E-state index in [-0.39, 0.29) is 0 Å². The van der Waals surface area contributed by atoms with Gasteiger partial charge in [0.1, 0.15) is 6.29 Å². The molecule has 0 saturated heterocycles. The van der Waals surface area contributed by atoms with Gasteiger partial charge in [0.15, 0.2) is 0 Å². The normalized spacial score (nSPS) is 11.7. The Balaban J connectivity index is 1.58. The Morgan fingerprint density at radius 2 is 1.28 bits per heavy atom. The minimum Gasteiger partial charge on any atom is -0.303 e. The fourth-order valence-corrected chi connectivity index (χ4v) is 4.09. The summed E-state index contributed by atoms with van der Waals surface area (Å²) in [5, 5.41) is 8.28. The average molecular weight is 328 g/mol. The summed E-state index contributed by atoms with van der Waals surface area (Å²) >= 11 is 0. The first kappa shape index (κ1) is 16.1. The number of unbranched alkanes of at least 4 members (excludes halogenated alkanes) is 5. The van der Waals surface area contributed by atoms with Crippen LogP contribution in [-0.2, 0) is 11.2 Å². The van der Waals surface area contributed by atoms with Crippen molar-refractivity contribution in [3.05, 3.63) is 60.2 Å². The highest BCUT2D eigenvalue weighted by atomic mass is 16.1. The standard InChI is InChI=1S/C24H24O/c25-17-6-4-2-1-3-5-8-18-11-12-21-14-13-19-9-7-10-20-15-16-22(18)24(21)23(19)20/h7,9-17H,1-6,8H2. The summed E-state index contributed by atoms with van der Waals surface area (Å²) in [6, 6.07) is 20.2.